The molecule has 1 atom stereocenters. The number of aromatic nitrogens is 2. The molecule has 4 heteroatoms. The second-order valence-corrected chi connectivity index (χ2v) is 5.59. The van der Waals surface area contributed by atoms with Crippen LogP contribution in [0.1, 0.15) is 44.0 Å². The first-order valence-electron chi connectivity index (χ1n) is 7.45. The molecule has 0 bridgehead atoms. The van der Waals surface area contributed by atoms with Gasteiger partial charge in [-0.2, -0.15) is 0 Å². The number of aryl methyl sites for hydroxylation is 2. The predicted molar refractivity (Wildman–Crippen MR) is 79.5 cm³/mol. The Hall–Kier alpha value is -1.16. The molecule has 106 valence electrons. The van der Waals surface area contributed by atoms with Crippen LogP contribution < -0.4 is 5.32 Å². The average Bonchev–Trinajstić information content (AvgIpc) is 2.40. The Balaban J connectivity index is 1.70. The SMILES string of the molecule is Cc1ncc(NCCCN2CCCCC2C)nc1C. The van der Waals surface area contributed by atoms with Gasteiger partial charge in [0.15, 0.2) is 0 Å². The van der Waals surface area contributed by atoms with E-state index in [2.05, 4.69) is 27.1 Å². The average molecular weight is 262 g/mol. The maximum atomic E-state index is 4.48. The van der Waals surface area contributed by atoms with E-state index in [0.29, 0.717) is 0 Å². The summed E-state index contributed by atoms with van der Waals surface area (Å²) in [5.41, 5.74) is 2.02. The number of nitrogens with one attached hydrogen (secondary N) is 1. The molecule has 0 aromatic carbocycles. The summed E-state index contributed by atoms with van der Waals surface area (Å²) in [7, 11) is 0. The van der Waals surface area contributed by atoms with Crippen LogP contribution in [0, 0.1) is 13.8 Å². The number of piperidine rings is 1. The smallest absolute Gasteiger partial charge is 0.144 e. The van der Waals surface area contributed by atoms with Crippen molar-refractivity contribution in [2.75, 3.05) is 25.0 Å². The summed E-state index contributed by atoms with van der Waals surface area (Å²) in [6.07, 6.45) is 7.11. The predicted octanol–water partition coefficient (Wildman–Crippen LogP) is 2.77. The van der Waals surface area contributed by atoms with Crippen LogP contribution in [0.4, 0.5) is 5.82 Å². The number of anilines is 1. The van der Waals surface area contributed by atoms with Crippen molar-refractivity contribution >= 4 is 5.82 Å². The second kappa shape index (κ2) is 6.85. The van der Waals surface area contributed by atoms with E-state index in [1.807, 2.05) is 20.0 Å². The molecule has 1 fully saturated rings. The fraction of sp³-hybridized carbons (Fsp3) is 0.733. The molecule has 0 aliphatic carbocycles. The highest BCUT2D eigenvalue weighted by atomic mass is 15.2. The molecule has 4 nitrogen and oxygen atoms in total. The lowest BCUT2D eigenvalue weighted by molar-refractivity contribution is 0.160. The Kier molecular flexibility index (Phi) is 5.14. The monoisotopic (exact) mass is 262 g/mol. The molecular weight excluding hydrogens is 236 g/mol. The summed E-state index contributed by atoms with van der Waals surface area (Å²) in [6.45, 7) is 9.77. The van der Waals surface area contributed by atoms with E-state index < -0.39 is 0 Å². The minimum atomic E-state index is 0.759. The highest BCUT2D eigenvalue weighted by Gasteiger charge is 2.16. The van der Waals surface area contributed by atoms with Crippen LogP contribution in [0.5, 0.6) is 0 Å². The third kappa shape index (κ3) is 4.16. The van der Waals surface area contributed by atoms with E-state index in [1.54, 1.807) is 0 Å². The van der Waals surface area contributed by atoms with Crippen LogP contribution in [0.15, 0.2) is 6.20 Å². The number of hydrogen-bond acceptors (Lipinski definition) is 4. The van der Waals surface area contributed by atoms with Gasteiger partial charge in [-0.25, -0.2) is 4.98 Å². The van der Waals surface area contributed by atoms with Gasteiger partial charge in [0.2, 0.25) is 0 Å². The van der Waals surface area contributed by atoms with E-state index in [9.17, 15) is 0 Å². The Bertz CT molecular complexity index is 405. The van der Waals surface area contributed by atoms with Crippen molar-refractivity contribution in [3.63, 3.8) is 0 Å². The first-order valence-corrected chi connectivity index (χ1v) is 7.45. The maximum Gasteiger partial charge on any atom is 0.144 e. The van der Waals surface area contributed by atoms with Gasteiger partial charge in [-0.05, 0) is 46.6 Å². The molecule has 2 rings (SSSR count). The van der Waals surface area contributed by atoms with Crippen molar-refractivity contribution in [3.05, 3.63) is 17.6 Å². The van der Waals surface area contributed by atoms with Gasteiger partial charge < -0.3 is 10.2 Å². The van der Waals surface area contributed by atoms with Crippen LogP contribution in [-0.4, -0.2) is 40.5 Å². The Morgan fingerprint density at radius 2 is 2.16 bits per heavy atom. The summed E-state index contributed by atoms with van der Waals surface area (Å²) < 4.78 is 0. The molecule has 0 spiro atoms. The first kappa shape index (κ1) is 14.3. The van der Waals surface area contributed by atoms with Gasteiger partial charge in [0.1, 0.15) is 5.82 Å². The number of nitrogens with zero attached hydrogens (tertiary/aromatic N) is 3. The van der Waals surface area contributed by atoms with Gasteiger partial charge >= 0.3 is 0 Å². The van der Waals surface area contributed by atoms with E-state index >= 15 is 0 Å². The van der Waals surface area contributed by atoms with Crippen molar-refractivity contribution in [2.45, 2.75) is 52.5 Å². The Labute approximate surface area is 116 Å². The summed E-state index contributed by atoms with van der Waals surface area (Å²) >= 11 is 0. The number of likely N-dealkylation sites (tertiary alicyclic amines) is 1. The first-order chi connectivity index (χ1) is 9.16. The van der Waals surface area contributed by atoms with Crippen LogP contribution in [0.3, 0.4) is 0 Å². The minimum Gasteiger partial charge on any atom is -0.369 e. The van der Waals surface area contributed by atoms with E-state index in [-0.39, 0.29) is 0 Å². The third-order valence-corrected chi connectivity index (χ3v) is 4.06. The van der Waals surface area contributed by atoms with Gasteiger partial charge in [0.05, 0.1) is 17.6 Å². The quantitative estimate of drug-likeness (QED) is 0.828. The van der Waals surface area contributed by atoms with Crippen LogP contribution in [0.25, 0.3) is 0 Å². The molecule has 0 saturated carbocycles. The molecule has 1 aromatic rings. The normalized spacial score (nSPS) is 20.5. The van der Waals surface area contributed by atoms with Gasteiger partial charge in [-0.15, -0.1) is 0 Å². The fourth-order valence-corrected chi connectivity index (χ4v) is 2.62. The van der Waals surface area contributed by atoms with Crippen molar-refractivity contribution in [1.29, 1.82) is 0 Å². The van der Waals surface area contributed by atoms with Crippen molar-refractivity contribution in [3.8, 4) is 0 Å². The molecule has 1 aromatic heterocycles. The zero-order valence-electron chi connectivity index (χ0n) is 12.4. The minimum absolute atomic E-state index is 0.759. The maximum absolute atomic E-state index is 4.48. The largest absolute Gasteiger partial charge is 0.369 e. The second-order valence-electron chi connectivity index (χ2n) is 5.59. The van der Waals surface area contributed by atoms with E-state index in [0.717, 1.165) is 29.8 Å². The summed E-state index contributed by atoms with van der Waals surface area (Å²) in [4.78, 5) is 11.4. The standard InChI is InChI=1S/C15H26N4/c1-12-7-4-5-9-19(12)10-6-8-16-15-11-17-13(2)14(3)18-15/h11-12H,4-10H2,1-3H3,(H,16,18). The molecule has 0 amide bonds. The molecule has 2 heterocycles. The van der Waals surface area contributed by atoms with Gasteiger partial charge in [0, 0.05) is 19.1 Å². The summed E-state index contributed by atoms with van der Waals surface area (Å²) in [5.74, 6) is 0.898. The zero-order valence-corrected chi connectivity index (χ0v) is 12.4. The number of hydrogen-bond donors (Lipinski definition) is 1. The van der Waals surface area contributed by atoms with E-state index in [4.69, 9.17) is 0 Å². The van der Waals surface area contributed by atoms with Crippen LogP contribution in [-0.2, 0) is 0 Å². The Morgan fingerprint density at radius 3 is 2.89 bits per heavy atom. The molecule has 1 N–H and O–H groups in total. The molecule has 1 aliphatic rings. The Morgan fingerprint density at radius 1 is 1.32 bits per heavy atom. The molecule has 1 unspecified atom stereocenters. The summed E-state index contributed by atoms with van der Waals surface area (Å²) in [5, 5.41) is 3.37. The number of rotatable bonds is 5. The molecule has 1 saturated heterocycles. The molecule has 1 aliphatic heterocycles. The third-order valence-electron chi connectivity index (χ3n) is 4.06. The van der Waals surface area contributed by atoms with Crippen molar-refractivity contribution < 1.29 is 0 Å². The van der Waals surface area contributed by atoms with Crippen molar-refractivity contribution in [2.24, 2.45) is 0 Å². The lowest BCUT2D eigenvalue weighted by Gasteiger charge is -2.33. The van der Waals surface area contributed by atoms with Gasteiger partial charge in [0.25, 0.3) is 0 Å². The highest BCUT2D eigenvalue weighted by Crippen LogP contribution is 2.16. The van der Waals surface area contributed by atoms with E-state index in [1.165, 1.54) is 38.8 Å². The fourth-order valence-electron chi connectivity index (χ4n) is 2.62. The van der Waals surface area contributed by atoms with Crippen molar-refractivity contribution in [1.82, 2.24) is 14.9 Å². The lowest BCUT2D eigenvalue weighted by atomic mass is 10.0. The highest BCUT2D eigenvalue weighted by molar-refractivity contribution is 5.33. The molecular formula is C15H26N4. The topological polar surface area (TPSA) is 41.1 Å². The molecule has 19 heavy (non-hydrogen) atoms. The zero-order chi connectivity index (χ0) is 13.7. The molecule has 0 radical (unpaired) electrons. The summed E-state index contributed by atoms with van der Waals surface area (Å²) in [6, 6.07) is 0.759. The van der Waals surface area contributed by atoms with Crippen LogP contribution in [0.2, 0.25) is 0 Å². The van der Waals surface area contributed by atoms with Crippen LogP contribution >= 0.6 is 0 Å². The lowest BCUT2D eigenvalue weighted by Crippen LogP contribution is -2.38. The van der Waals surface area contributed by atoms with Gasteiger partial charge in [-0.3, -0.25) is 4.98 Å². The van der Waals surface area contributed by atoms with Gasteiger partial charge in [-0.1, -0.05) is 6.42 Å².